The summed E-state index contributed by atoms with van der Waals surface area (Å²) in [7, 11) is 0. The Bertz CT molecular complexity index is 464. The maximum absolute atomic E-state index is 12.4. The third kappa shape index (κ3) is 1.53. The summed E-state index contributed by atoms with van der Waals surface area (Å²) in [6.45, 7) is 4.86. The first-order chi connectivity index (χ1) is 9.56. The Kier molecular flexibility index (Phi) is 2.76. The van der Waals surface area contributed by atoms with Crippen LogP contribution in [0.3, 0.4) is 0 Å². The van der Waals surface area contributed by atoms with Crippen LogP contribution < -0.4 is 0 Å². The van der Waals surface area contributed by atoms with E-state index in [1.54, 1.807) is 0 Å². The monoisotopic (exact) mass is 272 g/mol. The van der Waals surface area contributed by atoms with E-state index in [2.05, 4.69) is 26.0 Å². The number of ketones is 1. The Morgan fingerprint density at radius 2 is 1.90 bits per heavy atom. The molecular weight excluding hydrogens is 244 g/mol. The summed E-state index contributed by atoms with van der Waals surface area (Å²) in [5, 5.41) is 0. The van der Waals surface area contributed by atoms with Crippen LogP contribution in [0, 0.1) is 34.5 Å². The zero-order chi connectivity index (χ0) is 14.0. The maximum atomic E-state index is 12.4. The highest BCUT2D eigenvalue weighted by Gasteiger charge is 2.59. The van der Waals surface area contributed by atoms with Gasteiger partial charge in [-0.3, -0.25) is 4.79 Å². The van der Waals surface area contributed by atoms with Gasteiger partial charge in [0.05, 0.1) is 0 Å². The van der Waals surface area contributed by atoms with E-state index < -0.39 is 0 Å². The van der Waals surface area contributed by atoms with Gasteiger partial charge in [-0.15, -0.1) is 0 Å². The second-order valence-corrected chi connectivity index (χ2v) is 8.49. The average molecular weight is 272 g/mol. The molecule has 3 saturated carbocycles. The first kappa shape index (κ1) is 13.1. The molecule has 4 rings (SSSR count). The number of Topliss-reactive ketones (excluding diaryl/α,β-unsaturated/α-hetero) is 1. The summed E-state index contributed by atoms with van der Waals surface area (Å²) in [5.74, 6) is 3.92. The quantitative estimate of drug-likeness (QED) is 0.581. The van der Waals surface area contributed by atoms with Gasteiger partial charge in [0.15, 0.2) is 0 Å². The summed E-state index contributed by atoms with van der Waals surface area (Å²) >= 11 is 0. The van der Waals surface area contributed by atoms with Crippen LogP contribution in [0.1, 0.15) is 65.2 Å². The van der Waals surface area contributed by atoms with Crippen molar-refractivity contribution in [1.29, 1.82) is 0 Å². The standard InChI is InChI=1S/C19H28O/c1-18-11-4-3-5-13(18)6-7-14-15-8-9-17(20)19(15,2)12-10-16(14)18/h3-4,13-16H,5-12H2,1-2H3/t13-,14+,15-,16-,18+,19-/m1/s1. The van der Waals surface area contributed by atoms with Crippen LogP contribution in [0.25, 0.3) is 0 Å². The van der Waals surface area contributed by atoms with Gasteiger partial charge < -0.3 is 0 Å². The third-order valence-corrected chi connectivity index (χ3v) is 7.92. The smallest absolute Gasteiger partial charge is 0.139 e. The molecular formula is C19H28O. The topological polar surface area (TPSA) is 17.1 Å². The molecule has 0 aromatic carbocycles. The predicted molar refractivity (Wildman–Crippen MR) is 81.3 cm³/mol. The fourth-order valence-electron chi connectivity index (χ4n) is 6.61. The van der Waals surface area contributed by atoms with E-state index in [4.69, 9.17) is 0 Å². The van der Waals surface area contributed by atoms with Crippen molar-refractivity contribution in [2.24, 2.45) is 34.5 Å². The third-order valence-electron chi connectivity index (χ3n) is 7.92. The molecule has 0 unspecified atom stereocenters. The minimum absolute atomic E-state index is 0.0505. The van der Waals surface area contributed by atoms with Crippen molar-refractivity contribution < 1.29 is 4.79 Å². The molecule has 1 nitrogen and oxygen atoms in total. The SMILES string of the molecule is C[C@]12CC=CC[C@@H]1CC[C@@H]1[C@H]2CC[C@@]2(C)C(=O)CC[C@H]12. The molecule has 0 N–H and O–H groups in total. The highest BCUT2D eigenvalue weighted by Crippen LogP contribution is 2.64. The largest absolute Gasteiger partial charge is 0.299 e. The normalized spacial score (nSPS) is 54.2. The summed E-state index contributed by atoms with van der Waals surface area (Å²) in [6.07, 6.45) is 14.8. The highest BCUT2D eigenvalue weighted by molar-refractivity contribution is 5.87. The van der Waals surface area contributed by atoms with Gasteiger partial charge in [-0.1, -0.05) is 26.0 Å². The summed E-state index contributed by atoms with van der Waals surface area (Å²) in [6, 6.07) is 0. The van der Waals surface area contributed by atoms with E-state index in [1.165, 1.54) is 44.9 Å². The van der Waals surface area contributed by atoms with Crippen LogP contribution in [0.2, 0.25) is 0 Å². The van der Waals surface area contributed by atoms with E-state index >= 15 is 0 Å². The summed E-state index contributed by atoms with van der Waals surface area (Å²) in [4.78, 5) is 12.4. The van der Waals surface area contributed by atoms with Gasteiger partial charge in [-0.2, -0.15) is 0 Å². The van der Waals surface area contributed by atoms with Crippen molar-refractivity contribution >= 4 is 5.78 Å². The number of carbonyl (C=O) groups excluding carboxylic acids is 1. The van der Waals surface area contributed by atoms with Crippen molar-refractivity contribution in [2.45, 2.75) is 65.2 Å². The molecule has 0 spiro atoms. The molecule has 110 valence electrons. The van der Waals surface area contributed by atoms with Crippen LogP contribution >= 0.6 is 0 Å². The Balaban J connectivity index is 1.68. The summed E-state index contributed by atoms with van der Waals surface area (Å²) in [5.41, 5.74) is 0.583. The first-order valence-electron chi connectivity index (χ1n) is 8.74. The molecule has 3 fully saturated rings. The van der Waals surface area contributed by atoms with Gasteiger partial charge >= 0.3 is 0 Å². The molecule has 1 heteroatoms. The minimum Gasteiger partial charge on any atom is -0.299 e. The Hall–Kier alpha value is -0.590. The lowest BCUT2D eigenvalue weighted by atomic mass is 9.46. The second kappa shape index (κ2) is 4.21. The molecule has 0 bridgehead atoms. The van der Waals surface area contributed by atoms with Crippen molar-refractivity contribution in [3.63, 3.8) is 0 Å². The lowest BCUT2D eigenvalue weighted by Gasteiger charge is -2.58. The van der Waals surface area contributed by atoms with Gasteiger partial charge in [0.2, 0.25) is 0 Å². The second-order valence-electron chi connectivity index (χ2n) is 8.49. The Labute approximate surface area is 123 Å². The van der Waals surface area contributed by atoms with E-state index in [1.807, 2.05) is 0 Å². The van der Waals surface area contributed by atoms with Crippen LogP contribution in [-0.2, 0) is 4.79 Å². The lowest BCUT2D eigenvalue weighted by Crippen LogP contribution is -2.52. The van der Waals surface area contributed by atoms with Gasteiger partial charge in [-0.25, -0.2) is 0 Å². The number of hydrogen-bond donors (Lipinski definition) is 0. The van der Waals surface area contributed by atoms with Gasteiger partial charge in [0.25, 0.3) is 0 Å². The molecule has 0 radical (unpaired) electrons. The molecule has 4 aliphatic rings. The molecule has 6 atom stereocenters. The number of rotatable bonds is 0. The highest BCUT2D eigenvalue weighted by atomic mass is 16.1. The fourth-order valence-corrected chi connectivity index (χ4v) is 6.61. The zero-order valence-corrected chi connectivity index (χ0v) is 13.0. The Morgan fingerprint density at radius 3 is 2.75 bits per heavy atom. The van der Waals surface area contributed by atoms with E-state index in [-0.39, 0.29) is 5.41 Å². The molecule has 0 saturated heterocycles. The number of fused-ring (bicyclic) bond motifs is 5. The van der Waals surface area contributed by atoms with E-state index in [0.717, 1.165) is 24.2 Å². The van der Waals surface area contributed by atoms with Crippen molar-refractivity contribution in [3.05, 3.63) is 12.2 Å². The summed E-state index contributed by atoms with van der Waals surface area (Å²) < 4.78 is 0. The molecule has 4 aliphatic carbocycles. The molecule has 20 heavy (non-hydrogen) atoms. The Morgan fingerprint density at radius 1 is 1.05 bits per heavy atom. The molecule has 0 aliphatic heterocycles. The predicted octanol–water partition coefficient (Wildman–Crippen LogP) is 4.76. The minimum atomic E-state index is 0.0505. The number of hydrogen-bond acceptors (Lipinski definition) is 1. The van der Waals surface area contributed by atoms with Crippen molar-refractivity contribution in [1.82, 2.24) is 0 Å². The molecule has 0 aromatic heterocycles. The molecule has 0 amide bonds. The van der Waals surface area contributed by atoms with Crippen LogP contribution in [0.5, 0.6) is 0 Å². The first-order valence-corrected chi connectivity index (χ1v) is 8.74. The lowest BCUT2D eigenvalue weighted by molar-refractivity contribution is -0.136. The van der Waals surface area contributed by atoms with Crippen LogP contribution in [0.4, 0.5) is 0 Å². The number of allylic oxidation sites excluding steroid dienone is 2. The van der Waals surface area contributed by atoms with E-state index in [9.17, 15) is 4.79 Å². The van der Waals surface area contributed by atoms with Crippen molar-refractivity contribution in [2.75, 3.05) is 0 Å². The van der Waals surface area contributed by atoms with Gasteiger partial charge in [0.1, 0.15) is 5.78 Å². The number of carbonyl (C=O) groups is 1. The molecule has 0 aromatic rings. The maximum Gasteiger partial charge on any atom is 0.139 e. The van der Waals surface area contributed by atoms with E-state index in [0.29, 0.717) is 17.1 Å². The zero-order valence-electron chi connectivity index (χ0n) is 13.0. The van der Waals surface area contributed by atoms with Gasteiger partial charge in [-0.05, 0) is 74.0 Å². The average Bonchev–Trinajstić information content (AvgIpc) is 2.74. The molecule has 0 heterocycles. The van der Waals surface area contributed by atoms with Crippen LogP contribution in [-0.4, -0.2) is 5.78 Å². The van der Waals surface area contributed by atoms with Gasteiger partial charge in [0, 0.05) is 11.8 Å². The van der Waals surface area contributed by atoms with Crippen LogP contribution in [0.15, 0.2) is 12.2 Å². The van der Waals surface area contributed by atoms with Crippen molar-refractivity contribution in [3.8, 4) is 0 Å². The fraction of sp³-hybridized carbons (Fsp3) is 0.842.